The summed E-state index contributed by atoms with van der Waals surface area (Å²) in [6.07, 6.45) is 0.260. The minimum absolute atomic E-state index is 0.0396. The Morgan fingerprint density at radius 3 is 2.65 bits per heavy atom. The molecular formula is C19H19F2NO3S. The van der Waals surface area contributed by atoms with Crippen LogP contribution in [0.1, 0.15) is 24.0 Å². The summed E-state index contributed by atoms with van der Waals surface area (Å²) in [5, 5.41) is 11.4. The number of thioether (sulfide) groups is 1. The standard InChI is InChI=1S/C19H19F2NO3S/c20-15-5-6-17(21)14(11-15)4-7-18(23)22-16-3-1-2-13(10-16)12-26-9-8-19(24)25/h1-3,5-6,10-11H,4,7-9,12H2,(H,22,23)(H,24,25). The van der Waals surface area contributed by atoms with Crippen molar-refractivity contribution < 1.29 is 23.5 Å². The van der Waals surface area contributed by atoms with Crippen LogP contribution in [0.5, 0.6) is 0 Å². The predicted molar refractivity (Wildman–Crippen MR) is 98.2 cm³/mol. The molecule has 138 valence electrons. The number of nitrogens with one attached hydrogen (secondary N) is 1. The van der Waals surface area contributed by atoms with Crippen LogP contribution in [0.2, 0.25) is 0 Å². The van der Waals surface area contributed by atoms with Crippen LogP contribution in [0.25, 0.3) is 0 Å². The fourth-order valence-electron chi connectivity index (χ4n) is 2.29. The number of carbonyl (C=O) groups is 2. The van der Waals surface area contributed by atoms with Gasteiger partial charge in [0.25, 0.3) is 0 Å². The van der Waals surface area contributed by atoms with Gasteiger partial charge < -0.3 is 10.4 Å². The molecule has 4 nitrogen and oxygen atoms in total. The highest BCUT2D eigenvalue weighted by Gasteiger charge is 2.08. The van der Waals surface area contributed by atoms with Crippen molar-refractivity contribution in [1.82, 2.24) is 0 Å². The van der Waals surface area contributed by atoms with Gasteiger partial charge in [0.05, 0.1) is 6.42 Å². The number of benzene rings is 2. The second-order valence-corrected chi connectivity index (χ2v) is 6.79. The molecule has 1 amide bonds. The maximum atomic E-state index is 13.6. The number of hydrogen-bond acceptors (Lipinski definition) is 3. The Kier molecular flexibility index (Phi) is 7.59. The summed E-state index contributed by atoms with van der Waals surface area (Å²) < 4.78 is 26.7. The zero-order valence-corrected chi connectivity index (χ0v) is 14.8. The van der Waals surface area contributed by atoms with Crippen molar-refractivity contribution in [3.05, 3.63) is 65.2 Å². The van der Waals surface area contributed by atoms with Gasteiger partial charge in [-0.25, -0.2) is 8.78 Å². The zero-order chi connectivity index (χ0) is 18.9. The number of rotatable bonds is 9. The van der Waals surface area contributed by atoms with Crippen LogP contribution in [0.15, 0.2) is 42.5 Å². The highest BCUT2D eigenvalue weighted by atomic mass is 32.2. The summed E-state index contributed by atoms with van der Waals surface area (Å²) >= 11 is 1.50. The molecule has 7 heteroatoms. The van der Waals surface area contributed by atoms with E-state index in [0.29, 0.717) is 17.2 Å². The van der Waals surface area contributed by atoms with Crippen LogP contribution in [0, 0.1) is 11.6 Å². The Hall–Kier alpha value is -2.41. The number of carboxylic acids is 1. The second kappa shape index (κ2) is 9.91. The first-order valence-electron chi connectivity index (χ1n) is 8.06. The third kappa shape index (κ3) is 6.84. The Labute approximate surface area is 154 Å². The molecule has 0 bridgehead atoms. The van der Waals surface area contributed by atoms with Gasteiger partial charge in [-0.1, -0.05) is 12.1 Å². The van der Waals surface area contributed by atoms with E-state index in [-0.39, 0.29) is 30.7 Å². The number of amides is 1. The monoisotopic (exact) mass is 379 g/mol. The van der Waals surface area contributed by atoms with Gasteiger partial charge in [0.1, 0.15) is 11.6 Å². The van der Waals surface area contributed by atoms with Gasteiger partial charge in [-0.2, -0.15) is 11.8 Å². The normalized spacial score (nSPS) is 10.5. The lowest BCUT2D eigenvalue weighted by Crippen LogP contribution is -2.13. The number of aryl methyl sites for hydroxylation is 1. The summed E-state index contributed by atoms with van der Waals surface area (Å²) in [6, 6.07) is 10.4. The van der Waals surface area contributed by atoms with Crippen molar-refractivity contribution in [2.45, 2.75) is 25.0 Å². The molecule has 2 aromatic carbocycles. The van der Waals surface area contributed by atoms with Crippen molar-refractivity contribution in [2.75, 3.05) is 11.1 Å². The lowest BCUT2D eigenvalue weighted by atomic mass is 10.1. The molecule has 0 aliphatic heterocycles. The first-order valence-corrected chi connectivity index (χ1v) is 9.22. The molecule has 2 N–H and O–H groups in total. The first-order chi connectivity index (χ1) is 12.4. The predicted octanol–water partition coefficient (Wildman–Crippen LogP) is 4.24. The van der Waals surface area contributed by atoms with E-state index in [0.717, 1.165) is 23.8 Å². The van der Waals surface area contributed by atoms with Crippen molar-refractivity contribution in [2.24, 2.45) is 0 Å². The number of carbonyl (C=O) groups excluding carboxylic acids is 1. The first kappa shape index (κ1) is 19.9. The van der Waals surface area contributed by atoms with Gasteiger partial charge in [-0.15, -0.1) is 0 Å². The molecule has 0 heterocycles. The van der Waals surface area contributed by atoms with Gasteiger partial charge in [-0.3, -0.25) is 9.59 Å². The second-order valence-electron chi connectivity index (χ2n) is 5.68. The van der Waals surface area contributed by atoms with E-state index in [2.05, 4.69) is 5.32 Å². The molecule has 0 spiro atoms. The van der Waals surface area contributed by atoms with E-state index in [1.165, 1.54) is 11.8 Å². The highest BCUT2D eigenvalue weighted by molar-refractivity contribution is 7.98. The maximum absolute atomic E-state index is 13.6. The number of aliphatic carboxylic acids is 1. The number of carboxylic acid groups (broad SMARTS) is 1. The van der Waals surface area contributed by atoms with Crippen molar-refractivity contribution in [1.29, 1.82) is 0 Å². The van der Waals surface area contributed by atoms with Gasteiger partial charge in [0.15, 0.2) is 0 Å². The molecule has 0 aliphatic rings. The Balaban J connectivity index is 1.83. The van der Waals surface area contributed by atoms with Crippen molar-refractivity contribution >= 4 is 29.3 Å². The Morgan fingerprint density at radius 1 is 1.08 bits per heavy atom. The van der Waals surface area contributed by atoms with Crippen LogP contribution in [0.4, 0.5) is 14.5 Å². The maximum Gasteiger partial charge on any atom is 0.304 e. The minimum Gasteiger partial charge on any atom is -0.481 e. The highest BCUT2D eigenvalue weighted by Crippen LogP contribution is 2.18. The van der Waals surface area contributed by atoms with Crippen molar-refractivity contribution in [3.63, 3.8) is 0 Å². The summed E-state index contributed by atoms with van der Waals surface area (Å²) in [6.45, 7) is 0. The van der Waals surface area contributed by atoms with E-state index < -0.39 is 17.6 Å². The van der Waals surface area contributed by atoms with E-state index in [4.69, 9.17) is 5.11 Å². The van der Waals surface area contributed by atoms with Crippen LogP contribution >= 0.6 is 11.8 Å². The van der Waals surface area contributed by atoms with Gasteiger partial charge in [-0.05, 0) is 47.9 Å². The fraction of sp³-hybridized carbons (Fsp3) is 0.263. The molecule has 2 rings (SSSR count). The SMILES string of the molecule is O=C(O)CCSCc1cccc(NC(=O)CCc2cc(F)ccc2F)c1. The molecule has 0 aliphatic carbocycles. The largest absolute Gasteiger partial charge is 0.481 e. The Morgan fingerprint density at radius 2 is 1.88 bits per heavy atom. The third-order valence-corrected chi connectivity index (χ3v) is 4.60. The van der Waals surface area contributed by atoms with E-state index in [9.17, 15) is 18.4 Å². The summed E-state index contributed by atoms with van der Waals surface area (Å²) in [5.74, 6) is -1.01. The van der Waals surface area contributed by atoms with Gasteiger partial charge in [0.2, 0.25) is 5.91 Å². The molecule has 2 aromatic rings. The lowest BCUT2D eigenvalue weighted by Gasteiger charge is -2.08. The zero-order valence-electron chi connectivity index (χ0n) is 14.0. The Bertz CT molecular complexity index is 783. The molecule has 26 heavy (non-hydrogen) atoms. The number of hydrogen-bond donors (Lipinski definition) is 2. The van der Waals surface area contributed by atoms with Crippen LogP contribution in [-0.4, -0.2) is 22.7 Å². The van der Waals surface area contributed by atoms with E-state index in [1.54, 1.807) is 12.1 Å². The molecular weight excluding hydrogens is 360 g/mol. The van der Waals surface area contributed by atoms with E-state index >= 15 is 0 Å². The smallest absolute Gasteiger partial charge is 0.304 e. The third-order valence-electron chi connectivity index (χ3n) is 3.57. The quantitative estimate of drug-likeness (QED) is 0.640. The summed E-state index contributed by atoms with van der Waals surface area (Å²) in [4.78, 5) is 22.5. The fourth-order valence-corrected chi connectivity index (χ4v) is 3.17. The molecule has 0 unspecified atom stereocenters. The molecule has 0 saturated carbocycles. The minimum atomic E-state index is -0.826. The molecule has 0 aromatic heterocycles. The average molecular weight is 379 g/mol. The van der Waals surface area contributed by atoms with Crippen LogP contribution in [0.3, 0.4) is 0 Å². The number of anilines is 1. The van der Waals surface area contributed by atoms with Gasteiger partial charge >= 0.3 is 5.97 Å². The lowest BCUT2D eigenvalue weighted by molar-refractivity contribution is -0.136. The number of halogens is 2. The molecule has 0 radical (unpaired) electrons. The summed E-state index contributed by atoms with van der Waals surface area (Å²) in [5.41, 5.74) is 1.75. The summed E-state index contributed by atoms with van der Waals surface area (Å²) in [7, 11) is 0. The average Bonchev–Trinajstić information content (AvgIpc) is 2.60. The van der Waals surface area contributed by atoms with Crippen LogP contribution in [-0.2, 0) is 21.8 Å². The van der Waals surface area contributed by atoms with Crippen LogP contribution < -0.4 is 5.32 Å². The molecule has 0 atom stereocenters. The topological polar surface area (TPSA) is 66.4 Å². The van der Waals surface area contributed by atoms with E-state index in [1.807, 2.05) is 12.1 Å². The molecule has 0 saturated heterocycles. The van der Waals surface area contributed by atoms with Gasteiger partial charge in [0, 0.05) is 23.6 Å². The molecule has 0 fully saturated rings. The van der Waals surface area contributed by atoms with Crippen molar-refractivity contribution in [3.8, 4) is 0 Å².